The molecule has 0 amide bonds. The smallest absolute Gasteiger partial charge is 0.134 e. The van der Waals surface area contributed by atoms with Crippen LogP contribution < -0.4 is 15.1 Å². The van der Waals surface area contributed by atoms with Crippen LogP contribution in [-0.2, 0) is 0 Å². The van der Waals surface area contributed by atoms with Crippen LogP contribution in [0.15, 0.2) is 6.07 Å². The second-order valence-electron chi connectivity index (χ2n) is 5.43. The molecule has 0 spiro atoms. The first-order valence-electron chi connectivity index (χ1n) is 7.06. The third-order valence-electron chi connectivity index (χ3n) is 3.63. The molecule has 0 radical (unpaired) electrons. The Labute approximate surface area is 116 Å². The molecule has 1 unspecified atom stereocenters. The predicted molar refractivity (Wildman–Crippen MR) is 80.0 cm³/mol. The largest absolute Gasteiger partial charge is 0.363 e. The number of aromatic nitrogens is 2. The molecular formula is C14H25N5. The summed E-state index contributed by atoms with van der Waals surface area (Å²) in [5, 5.41) is 3.29. The molecule has 0 aromatic carbocycles. The molecule has 1 aliphatic rings. The third kappa shape index (κ3) is 3.35. The number of likely N-dealkylation sites (N-methyl/N-ethyl adjacent to an activating group) is 1. The van der Waals surface area contributed by atoms with E-state index in [-0.39, 0.29) is 0 Å². The van der Waals surface area contributed by atoms with Crippen molar-refractivity contribution in [3.8, 4) is 0 Å². The van der Waals surface area contributed by atoms with Crippen LogP contribution in [0.2, 0.25) is 0 Å². The molecule has 5 nitrogen and oxygen atoms in total. The van der Waals surface area contributed by atoms with Crippen LogP contribution in [0.3, 0.4) is 0 Å². The topological polar surface area (TPSA) is 44.3 Å². The zero-order chi connectivity index (χ0) is 13.8. The lowest BCUT2D eigenvalue weighted by molar-refractivity contribution is 0.443. The van der Waals surface area contributed by atoms with Gasteiger partial charge in [-0.25, -0.2) is 9.97 Å². The summed E-state index contributed by atoms with van der Waals surface area (Å²) < 4.78 is 0. The predicted octanol–water partition coefficient (Wildman–Crippen LogP) is 1.43. The van der Waals surface area contributed by atoms with E-state index in [1.807, 2.05) is 33.0 Å². The summed E-state index contributed by atoms with van der Waals surface area (Å²) in [6.07, 6.45) is 3.80. The molecule has 0 bridgehead atoms. The molecule has 1 atom stereocenters. The molecule has 5 heteroatoms. The van der Waals surface area contributed by atoms with E-state index in [4.69, 9.17) is 0 Å². The Morgan fingerprint density at radius 1 is 1.37 bits per heavy atom. The Balaban J connectivity index is 2.27. The van der Waals surface area contributed by atoms with Crippen LogP contribution in [0.25, 0.3) is 0 Å². The molecular weight excluding hydrogens is 238 g/mol. The maximum atomic E-state index is 4.63. The molecule has 0 saturated carbocycles. The average Bonchev–Trinajstić information content (AvgIpc) is 2.39. The molecule has 0 aliphatic carbocycles. The average molecular weight is 263 g/mol. The van der Waals surface area contributed by atoms with Gasteiger partial charge in [0.15, 0.2) is 0 Å². The fourth-order valence-electron chi connectivity index (χ4n) is 2.66. The number of rotatable bonds is 4. The summed E-state index contributed by atoms with van der Waals surface area (Å²) in [5.74, 6) is 2.89. The summed E-state index contributed by atoms with van der Waals surface area (Å²) in [6, 6.07) is 2.64. The maximum absolute atomic E-state index is 4.63. The van der Waals surface area contributed by atoms with Gasteiger partial charge >= 0.3 is 0 Å². The van der Waals surface area contributed by atoms with Gasteiger partial charge in [0, 0.05) is 39.3 Å². The lowest BCUT2D eigenvalue weighted by Crippen LogP contribution is -2.45. The van der Waals surface area contributed by atoms with Gasteiger partial charge < -0.3 is 15.1 Å². The van der Waals surface area contributed by atoms with Gasteiger partial charge in [0.2, 0.25) is 0 Å². The highest BCUT2D eigenvalue weighted by Gasteiger charge is 2.23. The van der Waals surface area contributed by atoms with Gasteiger partial charge in [-0.15, -0.1) is 0 Å². The Kier molecular flexibility index (Phi) is 4.58. The van der Waals surface area contributed by atoms with E-state index < -0.39 is 0 Å². The minimum absolute atomic E-state index is 0.545. The van der Waals surface area contributed by atoms with Crippen molar-refractivity contribution in [1.29, 1.82) is 0 Å². The van der Waals surface area contributed by atoms with Crippen molar-refractivity contribution < 1.29 is 0 Å². The summed E-state index contributed by atoms with van der Waals surface area (Å²) >= 11 is 0. The van der Waals surface area contributed by atoms with Crippen LogP contribution in [-0.4, -0.2) is 50.2 Å². The van der Waals surface area contributed by atoms with Gasteiger partial charge in [0.1, 0.15) is 17.5 Å². The lowest BCUT2D eigenvalue weighted by atomic mass is 10.0. The third-order valence-corrected chi connectivity index (χ3v) is 3.63. The summed E-state index contributed by atoms with van der Waals surface area (Å²) in [6.45, 7) is 4.07. The molecule has 106 valence electrons. The Hall–Kier alpha value is -1.36. The van der Waals surface area contributed by atoms with Crippen LogP contribution in [0, 0.1) is 6.92 Å². The van der Waals surface area contributed by atoms with E-state index in [0.29, 0.717) is 6.04 Å². The summed E-state index contributed by atoms with van der Waals surface area (Å²) in [5.41, 5.74) is 0. The number of piperidine rings is 1. The Morgan fingerprint density at radius 2 is 2.16 bits per heavy atom. The van der Waals surface area contributed by atoms with Crippen molar-refractivity contribution in [3.05, 3.63) is 11.9 Å². The SMILES string of the molecule is CNCC1CCCCN1c1cc(N(C)C)nc(C)n1. The molecule has 1 aliphatic heterocycles. The van der Waals surface area contributed by atoms with Crippen molar-refractivity contribution in [1.82, 2.24) is 15.3 Å². The monoisotopic (exact) mass is 263 g/mol. The number of nitrogens with zero attached hydrogens (tertiary/aromatic N) is 4. The van der Waals surface area contributed by atoms with E-state index in [9.17, 15) is 0 Å². The van der Waals surface area contributed by atoms with Crippen molar-refractivity contribution in [3.63, 3.8) is 0 Å². The van der Waals surface area contributed by atoms with Crippen molar-refractivity contribution in [2.24, 2.45) is 0 Å². The normalized spacial score (nSPS) is 19.6. The van der Waals surface area contributed by atoms with E-state index in [1.165, 1.54) is 19.3 Å². The molecule has 1 aromatic heterocycles. The molecule has 1 N–H and O–H groups in total. The number of nitrogens with one attached hydrogen (secondary N) is 1. The molecule has 19 heavy (non-hydrogen) atoms. The van der Waals surface area contributed by atoms with Gasteiger partial charge in [-0.1, -0.05) is 0 Å². The minimum atomic E-state index is 0.545. The number of hydrogen-bond donors (Lipinski definition) is 1. The Morgan fingerprint density at radius 3 is 2.84 bits per heavy atom. The lowest BCUT2D eigenvalue weighted by Gasteiger charge is -2.37. The number of aryl methyl sites for hydroxylation is 1. The highest BCUT2D eigenvalue weighted by Crippen LogP contribution is 2.25. The number of hydrogen-bond acceptors (Lipinski definition) is 5. The minimum Gasteiger partial charge on any atom is -0.363 e. The molecule has 2 rings (SSSR count). The van der Waals surface area contributed by atoms with Gasteiger partial charge in [-0.05, 0) is 33.2 Å². The van der Waals surface area contributed by atoms with E-state index >= 15 is 0 Å². The van der Waals surface area contributed by atoms with Gasteiger partial charge in [-0.2, -0.15) is 0 Å². The maximum Gasteiger partial charge on any atom is 0.134 e. The first-order valence-corrected chi connectivity index (χ1v) is 7.06. The fraction of sp³-hybridized carbons (Fsp3) is 0.714. The van der Waals surface area contributed by atoms with Crippen molar-refractivity contribution in [2.45, 2.75) is 32.2 Å². The highest BCUT2D eigenvalue weighted by molar-refractivity contribution is 5.51. The first-order chi connectivity index (χ1) is 9.11. The fourth-order valence-corrected chi connectivity index (χ4v) is 2.66. The second-order valence-corrected chi connectivity index (χ2v) is 5.43. The van der Waals surface area contributed by atoms with Crippen LogP contribution >= 0.6 is 0 Å². The molecule has 1 aromatic rings. The molecule has 1 fully saturated rings. The zero-order valence-corrected chi connectivity index (χ0v) is 12.5. The number of anilines is 2. The van der Waals surface area contributed by atoms with Gasteiger partial charge in [-0.3, -0.25) is 0 Å². The van der Waals surface area contributed by atoms with E-state index in [1.54, 1.807) is 0 Å². The second kappa shape index (κ2) is 6.19. The van der Waals surface area contributed by atoms with Crippen molar-refractivity contribution >= 4 is 11.6 Å². The van der Waals surface area contributed by atoms with Gasteiger partial charge in [0.05, 0.1) is 0 Å². The van der Waals surface area contributed by atoms with Crippen LogP contribution in [0.4, 0.5) is 11.6 Å². The molecule has 2 heterocycles. The van der Waals surface area contributed by atoms with Crippen LogP contribution in [0.5, 0.6) is 0 Å². The zero-order valence-electron chi connectivity index (χ0n) is 12.5. The standard InChI is InChI=1S/C14H25N5/c1-11-16-13(18(3)4)9-14(17-11)19-8-6-5-7-12(19)10-15-2/h9,12,15H,5-8,10H2,1-4H3. The first kappa shape index (κ1) is 14.1. The van der Waals surface area contributed by atoms with E-state index in [2.05, 4.69) is 26.3 Å². The van der Waals surface area contributed by atoms with Crippen LogP contribution in [0.1, 0.15) is 25.1 Å². The molecule has 1 saturated heterocycles. The quantitative estimate of drug-likeness (QED) is 0.890. The summed E-state index contributed by atoms with van der Waals surface area (Å²) in [7, 11) is 6.06. The van der Waals surface area contributed by atoms with Gasteiger partial charge in [0.25, 0.3) is 0 Å². The van der Waals surface area contributed by atoms with Crippen molar-refractivity contribution in [2.75, 3.05) is 44.0 Å². The van der Waals surface area contributed by atoms with E-state index in [0.717, 1.165) is 30.5 Å². The summed E-state index contributed by atoms with van der Waals surface area (Å²) in [4.78, 5) is 13.6. The Bertz CT molecular complexity index is 416. The highest BCUT2D eigenvalue weighted by atomic mass is 15.3.